The number of ether oxygens (including phenoxy) is 3. The maximum absolute atomic E-state index is 11.3. The molecule has 0 aromatic heterocycles. The van der Waals surface area contributed by atoms with Crippen LogP contribution in [0, 0.1) is 0 Å². The Kier molecular flexibility index (Phi) is 6.44. The predicted molar refractivity (Wildman–Crippen MR) is 87.5 cm³/mol. The fraction of sp³-hybridized carbons (Fsp3) is 0.214. The van der Waals surface area contributed by atoms with Crippen molar-refractivity contribution in [2.45, 2.75) is 20.8 Å². The summed E-state index contributed by atoms with van der Waals surface area (Å²) in [5.74, 6) is -3.45. The molecule has 134 valence electrons. The van der Waals surface area contributed by atoms with Gasteiger partial charge in [-0.25, -0.2) is 4.99 Å². The van der Waals surface area contributed by atoms with Gasteiger partial charge >= 0.3 is 17.9 Å². The van der Waals surface area contributed by atoms with Crippen molar-refractivity contribution in [3.63, 3.8) is 0 Å². The van der Waals surface area contributed by atoms with Crippen LogP contribution >= 0.6 is 0 Å². The summed E-state index contributed by atoms with van der Waals surface area (Å²) in [7, 11) is 0. The van der Waals surface area contributed by atoms with Crippen LogP contribution in [-0.4, -0.2) is 29.8 Å². The predicted octanol–water partition coefficient (Wildman–Crippen LogP) is -0.318. The first-order valence-electron chi connectivity index (χ1n) is 6.75. The Morgan fingerprint density at radius 2 is 1.28 bits per heavy atom. The average molecular weight is 351 g/mol. The molecule has 0 aliphatic rings. The molecule has 0 unspecified atom stereocenters. The van der Waals surface area contributed by atoms with E-state index in [-0.39, 0.29) is 34.9 Å². The van der Waals surface area contributed by atoms with Gasteiger partial charge < -0.3 is 31.4 Å². The Hall–Kier alpha value is -3.63. The number of aliphatic imine (C=N–C) groups is 2. The fourth-order valence-corrected chi connectivity index (χ4v) is 1.62. The van der Waals surface area contributed by atoms with Gasteiger partial charge in [0.25, 0.3) is 0 Å². The first-order chi connectivity index (χ1) is 11.6. The molecule has 1 aromatic carbocycles. The molecule has 0 heterocycles. The Balaban J connectivity index is 3.55. The molecule has 0 spiro atoms. The van der Waals surface area contributed by atoms with Gasteiger partial charge in [-0.15, -0.1) is 0 Å². The number of carbonyl (C=O) groups is 3. The SMILES string of the molecule is CC(=O)Oc1cc(N=C(N)N=C(N)N)cc(OC(C)=O)c1OC(C)=O. The smallest absolute Gasteiger partial charge is 0.308 e. The van der Waals surface area contributed by atoms with Crippen molar-refractivity contribution in [1.29, 1.82) is 0 Å². The van der Waals surface area contributed by atoms with Crippen molar-refractivity contribution in [3.05, 3.63) is 12.1 Å². The zero-order valence-electron chi connectivity index (χ0n) is 13.7. The zero-order valence-corrected chi connectivity index (χ0v) is 13.7. The lowest BCUT2D eigenvalue weighted by atomic mass is 10.2. The minimum atomic E-state index is -0.724. The van der Waals surface area contributed by atoms with Gasteiger partial charge in [-0.1, -0.05) is 0 Å². The van der Waals surface area contributed by atoms with E-state index in [1.165, 1.54) is 12.1 Å². The van der Waals surface area contributed by atoms with Crippen LogP contribution in [0.15, 0.2) is 22.1 Å². The number of carbonyl (C=O) groups excluding carboxylic acids is 3. The maximum Gasteiger partial charge on any atom is 0.308 e. The third-order valence-corrected chi connectivity index (χ3v) is 2.25. The van der Waals surface area contributed by atoms with E-state index < -0.39 is 17.9 Å². The van der Waals surface area contributed by atoms with Gasteiger partial charge in [0.1, 0.15) is 0 Å². The molecule has 0 aliphatic carbocycles. The lowest BCUT2D eigenvalue weighted by molar-refractivity contribution is -0.135. The highest BCUT2D eigenvalue weighted by Gasteiger charge is 2.20. The minimum Gasteiger partial charge on any atom is -0.422 e. The van der Waals surface area contributed by atoms with Crippen LogP contribution in [-0.2, 0) is 14.4 Å². The molecular weight excluding hydrogens is 334 g/mol. The molecule has 25 heavy (non-hydrogen) atoms. The topological polar surface area (TPSA) is 182 Å². The molecule has 0 fully saturated rings. The highest BCUT2D eigenvalue weighted by atomic mass is 16.6. The molecule has 1 rings (SSSR count). The molecule has 0 atom stereocenters. The normalized spacial score (nSPS) is 10.6. The lowest BCUT2D eigenvalue weighted by Crippen LogP contribution is -2.26. The number of nitrogens with zero attached hydrogens (tertiary/aromatic N) is 2. The number of hydrogen-bond acceptors (Lipinski definition) is 7. The highest BCUT2D eigenvalue weighted by Crippen LogP contribution is 2.42. The molecule has 0 saturated heterocycles. The van der Waals surface area contributed by atoms with Gasteiger partial charge in [0.15, 0.2) is 17.5 Å². The van der Waals surface area contributed by atoms with E-state index in [9.17, 15) is 14.4 Å². The Morgan fingerprint density at radius 1 is 0.840 bits per heavy atom. The summed E-state index contributed by atoms with van der Waals surface area (Å²) in [4.78, 5) is 41.2. The van der Waals surface area contributed by atoms with Crippen LogP contribution in [0.1, 0.15) is 20.8 Å². The van der Waals surface area contributed by atoms with Crippen LogP contribution in [0.4, 0.5) is 5.69 Å². The number of rotatable bonds is 4. The zero-order chi connectivity index (χ0) is 19.1. The molecule has 0 radical (unpaired) electrons. The fourth-order valence-electron chi connectivity index (χ4n) is 1.62. The van der Waals surface area contributed by atoms with Crippen molar-refractivity contribution >= 4 is 35.5 Å². The second kappa shape index (κ2) is 8.29. The van der Waals surface area contributed by atoms with Crippen LogP contribution in [0.2, 0.25) is 0 Å². The van der Waals surface area contributed by atoms with Crippen molar-refractivity contribution in [2.24, 2.45) is 27.2 Å². The van der Waals surface area contributed by atoms with E-state index >= 15 is 0 Å². The number of esters is 3. The Morgan fingerprint density at radius 3 is 1.64 bits per heavy atom. The number of nitrogens with two attached hydrogens (primary N) is 3. The summed E-state index contributed by atoms with van der Waals surface area (Å²) >= 11 is 0. The molecule has 0 aliphatic heterocycles. The Labute approximate surface area is 142 Å². The summed E-state index contributed by atoms with van der Waals surface area (Å²) in [6.45, 7) is 3.39. The van der Waals surface area contributed by atoms with E-state index in [4.69, 9.17) is 31.4 Å². The quantitative estimate of drug-likeness (QED) is 0.283. The molecule has 0 saturated carbocycles. The second-order valence-corrected chi connectivity index (χ2v) is 4.56. The van der Waals surface area contributed by atoms with Gasteiger partial charge in [0.05, 0.1) is 5.69 Å². The average Bonchev–Trinajstić information content (AvgIpc) is 2.39. The number of benzene rings is 1. The van der Waals surface area contributed by atoms with E-state index in [0.717, 1.165) is 20.8 Å². The van der Waals surface area contributed by atoms with E-state index in [0.29, 0.717) is 0 Å². The van der Waals surface area contributed by atoms with Gasteiger partial charge in [0.2, 0.25) is 11.7 Å². The largest absolute Gasteiger partial charge is 0.422 e. The van der Waals surface area contributed by atoms with Gasteiger partial charge in [-0.3, -0.25) is 14.4 Å². The third-order valence-electron chi connectivity index (χ3n) is 2.25. The Bertz CT molecular complexity index is 730. The molecule has 0 bridgehead atoms. The van der Waals surface area contributed by atoms with Gasteiger partial charge in [-0.2, -0.15) is 4.99 Å². The van der Waals surface area contributed by atoms with Crippen LogP contribution in [0.5, 0.6) is 17.2 Å². The van der Waals surface area contributed by atoms with Crippen molar-refractivity contribution in [2.75, 3.05) is 0 Å². The molecule has 6 N–H and O–H groups in total. The van der Waals surface area contributed by atoms with Crippen molar-refractivity contribution in [1.82, 2.24) is 0 Å². The molecule has 0 amide bonds. The van der Waals surface area contributed by atoms with E-state index in [1.54, 1.807) is 0 Å². The van der Waals surface area contributed by atoms with E-state index in [2.05, 4.69) is 9.98 Å². The summed E-state index contributed by atoms with van der Waals surface area (Å²) in [5.41, 5.74) is 16.0. The van der Waals surface area contributed by atoms with Crippen LogP contribution < -0.4 is 31.4 Å². The lowest BCUT2D eigenvalue weighted by Gasteiger charge is -2.13. The standard InChI is InChI=1S/C14H17N5O6/c1-6(20)23-10-4-9(18-14(17)19-13(15)16)5-11(24-7(2)21)12(10)25-8(3)22/h4-5H,1-3H3,(H6,15,16,17,18,19). The summed E-state index contributed by atoms with van der Waals surface area (Å²) < 4.78 is 14.9. The highest BCUT2D eigenvalue weighted by molar-refractivity contribution is 5.94. The van der Waals surface area contributed by atoms with Gasteiger partial charge in [-0.05, 0) is 0 Å². The van der Waals surface area contributed by atoms with Crippen molar-refractivity contribution < 1.29 is 28.6 Å². The second-order valence-electron chi connectivity index (χ2n) is 4.56. The van der Waals surface area contributed by atoms with Crippen LogP contribution in [0.25, 0.3) is 0 Å². The van der Waals surface area contributed by atoms with Crippen LogP contribution in [0.3, 0.4) is 0 Å². The summed E-state index contributed by atoms with van der Waals surface area (Å²) in [6.07, 6.45) is 0. The minimum absolute atomic E-state index is 0.0749. The number of guanidine groups is 2. The maximum atomic E-state index is 11.3. The monoisotopic (exact) mass is 351 g/mol. The van der Waals surface area contributed by atoms with Crippen molar-refractivity contribution in [3.8, 4) is 17.2 Å². The molecule has 11 heteroatoms. The molecule has 1 aromatic rings. The first-order valence-corrected chi connectivity index (χ1v) is 6.75. The third kappa shape index (κ3) is 6.56. The first kappa shape index (κ1) is 19.4. The summed E-state index contributed by atoms with van der Waals surface area (Å²) in [5, 5.41) is 0. The summed E-state index contributed by atoms with van der Waals surface area (Å²) in [6, 6.07) is 2.45. The van der Waals surface area contributed by atoms with E-state index in [1.807, 2.05) is 0 Å². The molecular formula is C14H17N5O6. The van der Waals surface area contributed by atoms with Gasteiger partial charge in [0, 0.05) is 32.9 Å². The molecule has 11 nitrogen and oxygen atoms in total. The number of hydrogen-bond donors (Lipinski definition) is 3.